The Kier molecular flexibility index (Phi) is 4.10. The second-order valence-electron chi connectivity index (χ2n) is 6.72. The van der Waals surface area contributed by atoms with E-state index in [-0.39, 0.29) is 5.97 Å². The van der Waals surface area contributed by atoms with Gasteiger partial charge in [0.1, 0.15) is 5.82 Å². The lowest BCUT2D eigenvalue weighted by Gasteiger charge is -2.30. The second-order valence-corrected chi connectivity index (χ2v) is 6.72. The number of nitrogens with one attached hydrogen (secondary N) is 1. The number of carbonyl (C=O) groups is 1. The van der Waals surface area contributed by atoms with Gasteiger partial charge in [-0.15, -0.1) is 0 Å². The maximum atomic E-state index is 11.6. The number of fused-ring (bicyclic) bond motifs is 1. The molecule has 0 radical (unpaired) electrons. The van der Waals surface area contributed by atoms with Crippen molar-refractivity contribution >= 4 is 5.97 Å². The van der Waals surface area contributed by atoms with Gasteiger partial charge < -0.3 is 14.6 Å². The molecule has 0 saturated carbocycles. The number of hydrogen-bond acceptors (Lipinski definition) is 4. The summed E-state index contributed by atoms with van der Waals surface area (Å²) < 4.78 is 7.08. The van der Waals surface area contributed by atoms with Crippen molar-refractivity contribution in [2.75, 3.05) is 13.7 Å². The van der Waals surface area contributed by atoms with Crippen LogP contribution in [0.5, 0.6) is 0 Å². The molecule has 2 aromatic rings. The van der Waals surface area contributed by atoms with E-state index in [9.17, 15) is 4.79 Å². The maximum absolute atomic E-state index is 11.6. The minimum Gasteiger partial charge on any atom is -0.465 e. The first kappa shape index (κ1) is 15.4. The van der Waals surface area contributed by atoms with Crippen LogP contribution in [0.4, 0.5) is 0 Å². The number of imidazole rings is 1. The highest BCUT2D eigenvalue weighted by molar-refractivity contribution is 5.89. The van der Waals surface area contributed by atoms with E-state index in [1.165, 1.54) is 30.6 Å². The SMILES string of the molecule is COC(=O)c1ccc([C@@H]2CC(c3cn4c(n3)CCC4)CCN2)cc1. The fourth-order valence-corrected chi connectivity index (χ4v) is 3.88. The van der Waals surface area contributed by atoms with Crippen molar-refractivity contribution in [1.82, 2.24) is 14.9 Å². The van der Waals surface area contributed by atoms with E-state index in [1.54, 1.807) is 0 Å². The first-order chi connectivity index (χ1) is 11.7. The molecule has 0 bridgehead atoms. The number of ether oxygens (including phenoxy) is 1. The van der Waals surface area contributed by atoms with Crippen LogP contribution in [0, 0.1) is 0 Å². The molecule has 126 valence electrons. The average molecular weight is 325 g/mol. The molecule has 24 heavy (non-hydrogen) atoms. The van der Waals surface area contributed by atoms with Crippen LogP contribution in [0.25, 0.3) is 0 Å². The number of benzene rings is 1. The monoisotopic (exact) mass is 325 g/mol. The van der Waals surface area contributed by atoms with Gasteiger partial charge in [-0.2, -0.15) is 0 Å². The number of nitrogens with zero attached hydrogens (tertiary/aromatic N) is 2. The predicted octanol–water partition coefficient (Wildman–Crippen LogP) is 2.82. The van der Waals surface area contributed by atoms with Crippen LogP contribution >= 0.6 is 0 Å². The standard InChI is InChI=1S/C19H23N3O2/c1-24-19(23)14-6-4-13(5-7-14)16-11-15(8-9-20-16)17-12-22-10-2-3-18(22)21-17/h4-7,12,15-16,20H,2-3,8-11H2,1H3/t15?,16-/m0/s1. The zero-order valence-electron chi connectivity index (χ0n) is 14.0. The predicted molar refractivity (Wildman–Crippen MR) is 91.0 cm³/mol. The minimum absolute atomic E-state index is 0.288. The molecule has 1 aromatic heterocycles. The third-order valence-corrected chi connectivity index (χ3v) is 5.23. The van der Waals surface area contributed by atoms with Gasteiger partial charge in [-0.25, -0.2) is 9.78 Å². The molecular formula is C19H23N3O2. The fourth-order valence-electron chi connectivity index (χ4n) is 3.88. The van der Waals surface area contributed by atoms with Gasteiger partial charge in [0.25, 0.3) is 0 Å². The molecule has 5 heteroatoms. The summed E-state index contributed by atoms with van der Waals surface area (Å²) in [5.74, 6) is 1.47. The van der Waals surface area contributed by atoms with Gasteiger partial charge in [0.15, 0.2) is 0 Å². The van der Waals surface area contributed by atoms with E-state index >= 15 is 0 Å². The first-order valence-corrected chi connectivity index (χ1v) is 8.72. The van der Waals surface area contributed by atoms with Crippen LogP contribution in [-0.2, 0) is 17.7 Å². The number of piperidine rings is 1. The molecule has 0 aliphatic carbocycles. The molecule has 2 aliphatic heterocycles. The van der Waals surface area contributed by atoms with Crippen molar-refractivity contribution in [3.8, 4) is 0 Å². The number of methoxy groups -OCH3 is 1. The topological polar surface area (TPSA) is 56.2 Å². The Hall–Kier alpha value is -2.14. The van der Waals surface area contributed by atoms with Crippen LogP contribution in [0.2, 0.25) is 0 Å². The van der Waals surface area contributed by atoms with Crippen LogP contribution < -0.4 is 5.32 Å². The number of aromatic nitrogens is 2. The highest BCUT2D eigenvalue weighted by atomic mass is 16.5. The smallest absolute Gasteiger partial charge is 0.337 e. The summed E-state index contributed by atoms with van der Waals surface area (Å²) in [6.45, 7) is 2.11. The van der Waals surface area contributed by atoms with E-state index in [0.29, 0.717) is 17.5 Å². The summed E-state index contributed by atoms with van der Waals surface area (Å²) >= 11 is 0. The van der Waals surface area contributed by atoms with Crippen LogP contribution in [-0.4, -0.2) is 29.2 Å². The zero-order valence-corrected chi connectivity index (χ0v) is 14.0. The summed E-state index contributed by atoms with van der Waals surface area (Å²) in [5.41, 5.74) is 3.07. The normalized spacial score (nSPS) is 23.0. The van der Waals surface area contributed by atoms with Gasteiger partial charge >= 0.3 is 5.97 Å². The van der Waals surface area contributed by atoms with Crippen molar-refractivity contribution < 1.29 is 9.53 Å². The molecule has 4 rings (SSSR count). The van der Waals surface area contributed by atoms with Gasteiger partial charge in [-0.3, -0.25) is 0 Å². The molecule has 3 heterocycles. The van der Waals surface area contributed by atoms with Crippen LogP contribution in [0.1, 0.15) is 58.7 Å². The van der Waals surface area contributed by atoms with Crippen molar-refractivity contribution in [3.63, 3.8) is 0 Å². The van der Waals surface area contributed by atoms with E-state index in [2.05, 4.69) is 16.1 Å². The zero-order chi connectivity index (χ0) is 16.5. The van der Waals surface area contributed by atoms with Crippen molar-refractivity contribution in [1.29, 1.82) is 0 Å². The Morgan fingerprint density at radius 3 is 2.92 bits per heavy atom. The molecule has 2 atom stereocenters. The Balaban J connectivity index is 1.49. The Morgan fingerprint density at radius 1 is 1.33 bits per heavy atom. The Morgan fingerprint density at radius 2 is 2.17 bits per heavy atom. The molecular weight excluding hydrogens is 302 g/mol. The molecule has 2 aliphatic rings. The third kappa shape index (κ3) is 2.84. The molecule has 1 N–H and O–H groups in total. The number of rotatable bonds is 3. The number of carbonyl (C=O) groups excluding carboxylic acids is 1. The van der Waals surface area contributed by atoms with Crippen molar-refractivity contribution in [2.45, 2.75) is 44.2 Å². The minimum atomic E-state index is -0.288. The highest BCUT2D eigenvalue weighted by Gasteiger charge is 2.27. The van der Waals surface area contributed by atoms with Gasteiger partial charge in [0.2, 0.25) is 0 Å². The summed E-state index contributed by atoms with van der Waals surface area (Å²) in [7, 11) is 1.41. The van der Waals surface area contributed by atoms with Gasteiger partial charge in [-0.1, -0.05) is 12.1 Å². The lowest BCUT2D eigenvalue weighted by molar-refractivity contribution is 0.0600. The quantitative estimate of drug-likeness (QED) is 0.882. The Bertz CT molecular complexity index is 714. The maximum Gasteiger partial charge on any atom is 0.337 e. The fraction of sp³-hybridized carbons (Fsp3) is 0.474. The van der Waals surface area contributed by atoms with Gasteiger partial charge in [0, 0.05) is 31.1 Å². The lowest BCUT2D eigenvalue weighted by atomic mass is 9.87. The highest BCUT2D eigenvalue weighted by Crippen LogP contribution is 2.34. The number of aryl methyl sites for hydroxylation is 2. The number of esters is 1. The largest absolute Gasteiger partial charge is 0.465 e. The summed E-state index contributed by atoms with van der Waals surface area (Å²) in [6, 6.07) is 8.06. The molecule has 1 fully saturated rings. The Labute approximate surface area is 142 Å². The molecule has 0 spiro atoms. The average Bonchev–Trinajstić information content (AvgIpc) is 3.23. The molecule has 1 unspecified atom stereocenters. The molecule has 0 amide bonds. The number of hydrogen-bond donors (Lipinski definition) is 1. The summed E-state index contributed by atoms with van der Waals surface area (Å²) in [4.78, 5) is 16.4. The van der Waals surface area contributed by atoms with Crippen molar-refractivity contribution in [3.05, 3.63) is 53.1 Å². The summed E-state index contributed by atoms with van der Waals surface area (Å²) in [5, 5.41) is 3.60. The van der Waals surface area contributed by atoms with Gasteiger partial charge in [-0.05, 0) is 43.5 Å². The second kappa shape index (κ2) is 6.40. The van der Waals surface area contributed by atoms with E-state index in [0.717, 1.165) is 32.4 Å². The first-order valence-electron chi connectivity index (χ1n) is 8.72. The molecule has 1 aromatic carbocycles. The van der Waals surface area contributed by atoms with Gasteiger partial charge in [0.05, 0.1) is 18.4 Å². The van der Waals surface area contributed by atoms with E-state index < -0.39 is 0 Å². The molecule has 5 nitrogen and oxygen atoms in total. The summed E-state index contributed by atoms with van der Waals surface area (Å²) in [6.07, 6.45) is 6.78. The lowest BCUT2D eigenvalue weighted by Crippen LogP contribution is -2.31. The molecule has 1 saturated heterocycles. The van der Waals surface area contributed by atoms with Crippen LogP contribution in [0.3, 0.4) is 0 Å². The van der Waals surface area contributed by atoms with Crippen molar-refractivity contribution in [2.24, 2.45) is 0 Å². The third-order valence-electron chi connectivity index (χ3n) is 5.23. The van der Waals surface area contributed by atoms with Crippen LogP contribution in [0.15, 0.2) is 30.5 Å². The van der Waals surface area contributed by atoms with E-state index in [1.807, 2.05) is 24.3 Å². The van der Waals surface area contributed by atoms with E-state index in [4.69, 9.17) is 9.72 Å².